The molecule has 0 unspecified atom stereocenters. The van der Waals surface area contributed by atoms with Crippen molar-refractivity contribution >= 4 is 58.3 Å². The zero-order valence-electron chi connectivity index (χ0n) is 18.5. The molecule has 1 fully saturated rings. The zero-order chi connectivity index (χ0) is 25.7. The van der Waals surface area contributed by atoms with E-state index in [1.165, 1.54) is 24.3 Å². The maximum atomic E-state index is 13.8. The molecule has 1 heterocycles. The summed E-state index contributed by atoms with van der Waals surface area (Å²) in [7, 11) is 0. The van der Waals surface area contributed by atoms with E-state index in [1.807, 2.05) is 0 Å². The lowest BCUT2D eigenvalue weighted by Gasteiger charge is -2.25. The number of hydrogen-bond donors (Lipinski definition) is 2. The van der Waals surface area contributed by atoms with Crippen LogP contribution in [0.2, 0.25) is 20.1 Å². The molecule has 1 aliphatic heterocycles. The predicted octanol–water partition coefficient (Wildman–Crippen LogP) is 7.03. The number of halogens is 5. The minimum Gasteiger partial charge on any atom is -0.492 e. The number of amides is 1. The van der Waals surface area contributed by atoms with E-state index in [0.29, 0.717) is 35.0 Å². The van der Waals surface area contributed by atoms with Crippen molar-refractivity contribution in [1.82, 2.24) is 5.32 Å². The lowest BCUT2D eigenvalue weighted by molar-refractivity contribution is -0.139. The largest absolute Gasteiger partial charge is 0.492 e. The van der Waals surface area contributed by atoms with Crippen LogP contribution in [0.3, 0.4) is 0 Å². The molecule has 1 aliphatic carbocycles. The topological polar surface area (TPSA) is 75.6 Å². The molecule has 1 amide bonds. The molecule has 0 radical (unpaired) electrons. The Bertz CT molecular complexity index is 1370. The van der Waals surface area contributed by atoms with Crippen LogP contribution in [0, 0.1) is 11.7 Å². The summed E-state index contributed by atoms with van der Waals surface area (Å²) in [6.07, 6.45) is 0.900. The minimum absolute atomic E-state index is 0.00319. The van der Waals surface area contributed by atoms with E-state index in [1.54, 1.807) is 18.2 Å². The molecule has 10 heteroatoms. The number of rotatable bonds is 6. The second-order valence-electron chi connectivity index (χ2n) is 8.84. The summed E-state index contributed by atoms with van der Waals surface area (Å²) in [5, 5.41) is 13.0. The van der Waals surface area contributed by atoms with Crippen LogP contribution in [0.1, 0.15) is 33.8 Å². The Balaban J connectivity index is 1.52. The summed E-state index contributed by atoms with van der Waals surface area (Å²) in [5.74, 6) is -1.39. The Morgan fingerprint density at radius 3 is 2.36 bits per heavy atom. The van der Waals surface area contributed by atoms with Gasteiger partial charge in [-0.1, -0.05) is 64.6 Å². The normalized spacial score (nSPS) is 18.5. The lowest BCUT2D eigenvalue weighted by atomic mass is 9.89. The van der Waals surface area contributed by atoms with E-state index >= 15 is 0 Å². The van der Waals surface area contributed by atoms with Crippen LogP contribution >= 0.6 is 46.4 Å². The van der Waals surface area contributed by atoms with Gasteiger partial charge in [0.25, 0.3) is 5.91 Å². The van der Waals surface area contributed by atoms with Crippen molar-refractivity contribution in [3.63, 3.8) is 0 Å². The Labute approximate surface area is 226 Å². The van der Waals surface area contributed by atoms with Crippen molar-refractivity contribution in [3.05, 3.63) is 85.1 Å². The molecule has 5 rings (SSSR count). The van der Waals surface area contributed by atoms with Crippen LogP contribution < -0.4 is 10.1 Å². The van der Waals surface area contributed by atoms with Gasteiger partial charge in [-0.05, 0) is 42.2 Å². The number of benzene rings is 3. The number of fused-ring (bicyclic) bond motifs is 3. The minimum atomic E-state index is -1.25. The van der Waals surface area contributed by atoms with Crippen molar-refractivity contribution in [2.24, 2.45) is 5.92 Å². The van der Waals surface area contributed by atoms with Gasteiger partial charge in [0.05, 0.1) is 32.3 Å². The first-order valence-corrected chi connectivity index (χ1v) is 12.6. The van der Waals surface area contributed by atoms with Gasteiger partial charge in [0.1, 0.15) is 17.6 Å². The predicted molar refractivity (Wildman–Crippen MR) is 137 cm³/mol. The highest BCUT2D eigenvalue weighted by molar-refractivity contribution is 6.40. The van der Waals surface area contributed by atoms with Gasteiger partial charge >= 0.3 is 5.97 Å². The molecule has 3 atom stereocenters. The lowest BCUT2D eigenvalue weighted by Crippen LogP contribution is -2.42. The second kappa shape index (κ2) is 9.75. The average molecular weight is 569 g/mol. The molecule has 5 nitrogen and oxygen atoms in total. The van der Waals surface area contributed by atoms with E-state index in [0.717, 1.165) is 12.0 Å². The van der Waals surface area contributed by atoms with E-state index in [9.17, 15) is 19.1 Å². The Kier molecular flexibility index (Phi) is 6.81. The Morgan fingerprint density at radius 1 is 1.06 bits per heavy atom. The first kappa shape index (κ1) is 25.2. The third-order valence-corrected chi connectivity index (χ3v) is 7.74. The summed E-state index contributed by atoms with van der Waals surface area (Å²) in [4.78, 5) is 25.0. The quantitative estimate of drug-likeness (QED) is 0.335. The molecular weight excluding hydrogens is 551 g/mol. The van der Waals surface area contributed by atoms with Gasteiger partial charge in [-0.3, -0.25) is 4.79 Å². The van der Waals surface area contributed by atoms with Gasteiger partial charge in [-0.25, -0.2) is 9.18 Å². The number of carboxylic acids is 1. The van der Waals surface area contributed by atoms with Gasteiger partial charge in [-0.2, -0.15) is 0 Å². The molecule has 2 N–H and O–H groups in total. The number of carbonyl (C=O) groups excluding carboxylic acids is 1. The van der Waals surface area contributed by atoms with Crippen molar-refractivity contribution in [2.45, 2.75) is 24.8 Å². The molecule has 3 aromatic rings. The van der Waals surface area contributed by atoms with Crippen molar-refractivity contribution in [3.8, 4) is 16.9 Å². The number of ether oxygens (including phenoxy) is 1. The smallest absolute Gasteiger partial charge is 0.326 e. The van der Waals surface area contributed by atoms with Crippen molar-refractivity contribution in [1.29, 1.82) is 0 Å². The first-order chi connectivity index (χ1) is 17.2. The summed E-state index contributed by atoms with van der Waals surface area (Å²) in [5.41, 5.74) is 2.63. The average Bonchev–Trinajstić information content (AvgIpc) is 3.59. The van der Waals surface area contributed by atoms with Gasteiger partial charge < -0.3 is 15.2 Å². The summed E-state index contributed by atoms with van der Waals surface area (Å²) >= 11 is 24.9. The van der Waals surface area contributed by atoms with Crippen LogP contribution in [0.5, 0.6) is 5.75 Å². The number of carbonyl (C=O) groups is 2. The van der Waals surface area contributed by atoms with Crippen LogP contribution in [0.4, 0.5) is 4.39 Å². The molecule has 0 spiro atoms. The van der Waals surface area contributed by atoms with Crippen LogP contribution in [-0.2, 0) is 11.2 Å². The number of carboxylic acid groups (broad SMARTS) is 1. The molecule has 186 valence electrons. The maximum absolute atomic E-state index is 13.8. The monoisotopic (exact) mass is 567 g/mol. The van der Waals surface area contributed by atoms with E-state index in [-0.39, 0.29) is 38.0 Å². The summed E-state index contributed by atoms with van der Waals surface area (Å²) in [6, 6.07) is 9.22. The SMILES string of the molecule is O=C(N[C@@H](Cc1ccc(-c2c(Cl)cc(F)cc2Cl)c2c1[C@H]1C[C@H]1CO2)C(=O)O)c1c(Cl)cccc1Cl. The Hall–Kier alpha value is -2.51. The van der Waals surface area contributed by atoms with E-state index < -0.39 is 23.7 Å². The van der Waals surface area contributed by atoms with Gasteiger partial charge in [0.15, 0.2) is 0 Å². The van der Waals surface area contributed by atoms with E-state index in [2.05, 4.69) is 5.32 Å². The second-order valence-corrected chi connectivity index (χ2v) is 10.5. The molecule has 0 bridgehead atoms. The van der Waals surface area contributed by atoms with Crippen molar-refractivity contribution < 1.29 is 23.8 Å². The Morgan fingerprint density at radius 2 is 1.72 bits per heavy atom. The fraction of sp³-hybridized carbons (Fsp3) is 0.231. The molecule has 0 saturated heterocycles. The summed E-state index contributed by atoms with van der Waals surface area (Å²) in [6.45, 7) is 0.509. The fourth-order valence-corrected chi connectivity index (χ4v) is 5.95. The van der Waals surface area contributed by atoms with Gasteiger partial charge in [0, 0.05) is 29.0 Å². The van der Waals surface area contributed by atoms with Crippen molar-refractivity contribution in [2.75, 3.05) is 6.61 Å². The molecule has 36 heavy (non-hydrogen) atoms. The standard InChI is InChI=1S/C26H18Cl4FNO4/c27-16-2-1-3-17(28)23(16)25(33)32-20(26(34)35)7-11-4-5-14(22-18(29)8-13(31)9-19(22)30)24-21(11)15-6-12(15)10-36-24/h1-5,8-9,12,15,20H,6-7,10H2,(H,32,33)(H,34,35)/t12-,15-,20-/m0/s1. The maximum Gasteiger partial charge on any atom is 0.326 e. The van der Waals surface area contributed by atoms with Gasteiger partial charge in [-0.15, -0.1) is 0 Å². The third kappa shape index (κ3) is 4.63. The van der Waals surface area contributed by atoms with Crippen LogP contribution in [-0.4, -0.2) is 29.6 Å². The number of aliphatic carboxylic acids is 1. The third-order valence-electron chi connectivity index (χ3n) is 6.52. The van der Waals surface area contributed by atoms with E-state index in [4.69, 9.17) is 51.1 Å². The number of hydrogen-bond acceptors (Lipinski definition) is 3. The molecule has 3 aromatic carbocycles. The molecule has 1 saturated carbocycles. The zero-order valence-corrected chi connectivity index (χ0v) is 21.5. The summed E-state index contributed by atoms with van der Waals surface area (Å²) < 4.78 is 19.9. The molecule has 0 aromatic heterocycles. The van der Waals surface area contributed by atoms with Gasteiger partial charge in [0.2, 0.25) is 0 Å². The highest BCUT2D eigenvalue weighted by Crippen LogP contribution is 2.58. The highest BCUT2D eigenvalue weighted by Gasteiger charge is 2.46. The highest BCUT2D eigenvalue weighted by atomic mass is 35.5. The van der Waals surface area contributed by atoms with Crippen LogP contribution in [0.15, 0.2) is 42.5 Å². The number of nitrogens with one attached hydrogen (secondary N) is 1. The van der Waals surface area contributed by atoms with Crippen LogP contribution in [0.25, 0.3) is 11.1 Å². The first-order valence-electron chi connectivity index (χ1n) is 11.1. The molecule has 2 aliphatic rings. The molecular formula is C26H18Cl4FNO4. The fourth-order valence-electron chi connectivity index (χ4n) is 4.72.